The highest BCUT2D eigenvalue weighted by molar-refractivity contribution is 6.30. The minimum absolute atomic E-state index is 0.0605. The number of rotatable bonds is 3. The van der Waals surface area contributed by atoms with Gasteiger partial charge < -0.3 is 0 Å². The molecule has 116 valence electrons. The van der Waals surface area contributed by atoms with Gasteiger partial charge in [-0.1, -0.05) is 23.7 Å². The molecule has 0 bridgehead atoms. The Morgan fingerprint density at radius 3 is 2.22 bits per heavy atom. The predicted octanol–water partition coefficient (Wildman–Crippen LogP) is 3.59. The van der Waals surface area contributed by atoms with Crippen LogP contribution in [0.1, 0.15) is 35.2 Å². The number of halogens is 1. The number of hydrogen-bond donors (Lipinski definition) is 0. The van der Waals surface area contributed by atoms with E-state index in [0.29, 0.717) is 16.3 Å². The highest BCUT2D eigenvalue weighted by atomic mass is 35.5. The van der Waals surface area contributed by atoms with Crippen molar-refractivity contribution in [3.8, 4) is 0 Å². The molecule has 1 aliphatic rings. The fourth-order valence-corrected chi connectivity index (χ4v) is 2.83. The molecule has 1 atom stereocenters. The Labute approximate surface area is 138 Å². The van der Waals surface area contributed by atoms with E-state index >= 15 is 0 Å². The number of nitrogens with zero attached hydrogens (tertiary/aromatic N) is 1. The Morgan fingerprint density at radius 2 is 1.65 bits per heavy atom. The fourth-order valence-electron chi connectivity index (χ4n) is 2.70. The second kappa shape index (κ2) is 5.97. The quantitative estimate of drug-likeness (QED) is 0.639. The first kappa shape index (κ1) is 15.4. The normalized spacial score (nSPS) is 17.7. The van der Waals surface area contributed by atoms with Crippen molar-refractivity contribution in [2.45, 2.75) is 19.3 Å². The van der Waals surface area contributed by atoms with E-state index in [1.54, 1.807) is 48.5 Å². The van der Waals surface area contributed by atoms with Gasteiger partial charge in [-0.15, -0.1) is 0 Å². The van der Waals surface area contributed by atoms with Gasteiger partial charge in [-0.25, -0.2) is 0 Å². The SMILES string of the molecule is CC(=O)c1ccc(N2C(=O)CC(c3ccc(Cl)cc3)C2=O)cc1. The number of ketones is 1. The van der Waals surface area contributed by atoms with Crippen LogP contribution in [0.5, 0.6) is 0 Å². The highest BCUT2D eigenvalue weighted by Gasteiger charge is 2.40. The molecule has 0 radical (unpaired) electrons. The van der Waals surface area contributed by atoms with Gasteiger partial charge in [0.1, 0.15) is 0 Å². The van der Waals surface area contributed by atoms with Gasteiger partial charge in [-0.05, 0) is 48.9 Å². The number of benzene rings is 2. The lowest BCUT2D eigenvalue weighted by atomic mass is 9.98. The van der Waals surface area contributed by atoms with Crippen molar-refractivity contribution in [3.05, 3.63) is 64.7 Å². The third-order valence-corrected chi connectivity index (χ3v) is 4.20. The number of anilines is 1. The summed E-state index contributed by atoms with van der Waals surface area (Å²) in [7, 11) is 0. The van der Waals surface area contributed by atoms with Gasteiger partial charge in [-0.2, -0.15) is 0 Å². The van der Waals surface area contributed by atoms with E-state index in [1.807, 2.05) is 0 Å². The van der Waals surface area contributed by atoms with Crippen molar-refractivity contribution < 1.29 is 14.4 Å². The maximum absolute atomic E-state index is 12.6. The lowest BCUT2D eigenvalue weighted by Gasteiger charge is -2.15. The fraction of sp³-hybridized carbons (Fsp3) is 0.167. The third-order valence-electron chi connectivity index (χ3n) is 3.95. The van der Waals surface area contributed by atoms with E-state index in [9.17, 15) is 14.4 Å². The number of amides is 2. The van der Waals surface area contributed by atoms with Gasteiger partial charge in [0.15, 0.2) is 5.78 Å². The first-order chi connectivity index (χ1) is 11.0. The van der Waals surface area contributed by atoms with E-state index in [2.05, 4.69) is 0 Å². The van der Waals surface area contributed by atoms with Gasteiger partial charge in [0.25, 0.3) is 0 Å². The van der Waals surface area contributed by atoms with Crippen LogP contribution in [0, 0.1) is 0 Å². The molecule has 5 heteroatoms. The van der Waals surface area contributed by atoms with Crippen LogP contribution in [0.2, 0.25) is 5.02 Å². The molecule has 1 fully saturated rings. The summed E-state index contributed by atoms with van der Waals surface area (Å²) in [6.07, 6.45) is 0.134. The molecule has 2 amide bonds. The number of imide groups is 1. The molecule has 2 aromatic carbocycles. The third kappa shape index (κ3) is 2.90. The van der Waals surface area contributed by atoms with Crippen molar-refractivity contribution in [2.75, 3.05) is 4.90 Å². The monoisotopic (exact) mass is 327 g/mol. The number of Topliss-reactive ketones (excluding diaryl/α,β-unsaturated/α-hetero) is 1. The first-order valence-electron chi connectivity index (χ1n) is 7.20. The lowest BCUT2D eigenvalue weighted by molar-refractivity contribution is -0.121. The molecule has 23 heavy (non-hydrogen) atoms. The summed E-state index contributed by atoms with van der Waals surface area (Å²) in [4.78, 5) is 37.4. The van der Waals surface area contributed by atoms with E-state index in [4.69, 9.17) is 11.6 Å². The van der Waals surface area contributed by atoms with Crippen LogP contribution in [0.3, 0.4) is 0 Å². The largest absolute Gasteiger partial charge is 0.295 e. The maximum Gasteiger partial charge on any atom is 0.241 e. The zero-order valence-corrected chi connectivity index (χ0v) is 13.2. The van der Waals surface area contributed by atoms with Crippen molar-refractivity contribution in [3.63, 3.8) is 0 Å². The van der Waals surface area contributed by atoms with Crippen LogP contribution in [0.25, 0.3) is 0 Å². The minimum Gasteiger partial charge on any atom is -0.295 e. The van der Waals surface area contributed by atoms with Crippen LogP contribution >= 0.6 is 11.6 Å². The summed E-state index contributed by atoms with van der Waals surface area (Å²) >= 11 is 5.86. The molecule has 3 rings (SSSR count). The average Bonchev–Trinajstić information content (AvgIpc) is 2.83. The van der Waals surface area contributed by atoms with E-state index in [1.165, 1.54) is 11.8 Å². The summed E-state index contributed by atoms with van der Waals surface area (Å²) in [5, 5.41) is 0.585. The molecule has 2 aromatic rings. The number of carbonyl (C=O) groups is 3. The molecular formula is C18H14ClNO3. The van der Waals surface area contributed by atoms with E-state index in [-0.39, 0.29) is 24.0 Å². The van der Waals surface area contributed by atoms with Gasteiger partial charge in [0.2, 0.25) is 11.8 Å². The summed E-state index contributed by atoms with van der Waals surface area (Å²) in [6, 6.07) is 13.4. The average molecular weight is 328 g/mol. The molecule has 0 saturated carbocycles. The van der Waals surface area contributed by atoms with Crippen LogP contribution in [-0.4, -0.2) is 17.6 Å². The van der Waals surface area contributed by atoms with Crippen LogP contribution in [-0.2, 0) is 9.59 Å². The van der Waals surface area contributed by atoms with Crippen molar-refractivity contribution in [1.29, 1.82) is 0 Å². The van der Waals surface area contributed by atoms with Crippen molar-refractivity contribution in [2.24, 2.45) is 0 Å². The Hall–Kier alpha value is -2.46. The molecule has 4 nitrogen and oxygen atoms in total. The number of carbonyl (C=O) groups excluding carboxylic acids is 3. The standard InChI is InChI=1S/C18H14ClNO3/c1-11(21)12-4-8-15(9-5-12)20-17(22)10-16(18(20)23)13-2-6-14(19)7-3-13/h2-9,16H,10H2,1H3. The molecule has 0 aromatic heterocycles. The zero-order valence-electron chi connectivity index (χ0n) is 12.5. The topological polar surface area (TPSA) is 54.5 Å². The maximum atomic E-state index is 12.6. The van der Waals surface area contributed by atoms with E-state index < -0.39 is 5.92 Å². The van der Waals surface area contributed by atoms with Gasteiger partial charge in [-0.3, -0.25) is 19.3 Å². The Kier molecular flexibility index (Phi) is 4.01. The summed E-state index contributed by atoms with van der Waals surface area (Å²) in [5.74, 6) is -1.06. The molecule has 0 aliphatic carbocycles. The molecule has 1 heterocycles. The molecule has 1 aliphatic heterocycles. The lowest BCUT2D eigenvalue weighted by Crippen LogP contribution is -2.30. The molecule has 0 N–H and O–H groups in total. The second-order valence-electron chi connectivity index (χ2n) is 5.48. The first-order valence-corrected chi connectivity index (χ1v) is 7.58. The smallest absolute Gasteiger partial charge is 0.241 e. The second-order valence-corrected chi connectivity index (χ2v) is 5.92. The molecule has 1 saturated heterocycles. The minimum atomic E-state index is -0.493. The van der Waals surface area contributed by atoms with Crippen LogP contribution in [0.4, 0.5) is 5.69 Å². The van der Waals surface area contributed by atoms with E-state index in [0.717, 1.165) is 5.56 Å². The molecular weight excluding hydrogens is 314 g/mol. The zero-order chi connectivity index (χ0) is 16.6. The Morgan fingerprint density at radius 1 is 1.04 bits per heavy atom. The predicted molar refractivity (Wildman–Crippen MR) is 87.7 cm³/mol. The van der Waals surface area contributed by atoms with Gasteiger partial charge in [0, 0.05) is 17.0 Å². The van der Waals surface area contributed by atoms with Crippen molar-refractivity contribution >= 4 is 34.9 Å². The molecule has 0 spiro atoms. The van der Waals surface area contributed by atoms with Crippen LogP contribution < -0.4 is 4.90 Å². The summed E-state index contributed by atoms with van der Waals surface area (Å²) in [6.45, 7) is 1.47. The van der Waals surface area contributed by atoms with Gasteiger partial charge in [0.05, 0.1) is 11.6 Å². The van der Waals surface area contributed by atoms with Gasteiger partial charge >= 0.3 is 0 Å². The Balaban J connectivity index is 1.89. The van der Waals surface area contributed by atoms with Crippen molar-refractivity contribution in [1.82, 2.24) is 0 Å². The number of hydrogen-bond acceptors (Lipinski definition) is 3. The van der Waals surface area contributed by atoms with Crippen LogP contribution in [0.15, 0.2) is 48.5 Å². The Bertz CT molecular complexity index is 781. The highest BCUT2D eigenvalue weighted by Crippen LogP contribution is 2.33. The summed E-state index contributed by atoms with van der Waals surface area (Å²) in [5.41, 5.74) is 1.80. The molecule has 1 unspecified atom stereocenters. The summed E-state index contributed by atoms with van der Waals surface area (Å²) < 4.78 is 0.